The Kier molecular flexibility index (Phi) is 4.43. The van der Waals surface area contributed by atoms with Crippen molar-refractivity contribution in [1.82, 2.24) is 9.97 Å². The molecule has 4 heteroatoms. The summed E-state index contributed by atoms with van der Waals surface area (Å²) in [6.45, 7) is 6.01. The summed E-state index contributed by atoms with van der Waals surface area (Å²) in [7, 11) is 0. The normalized spacial score (nSPS) is 26.0. The molecule has 1 unspecified atom stereocenters. The third-order valence-electron chi connectivity index (χ3n) is 4.72. The molecular weight excluding hydrogens is 262 g/mol. The SMILES string of the molecule is CCNc1nc(C2(C)CCCCO2)nc2c1CCCCC2. The smallest absolute Gasteiger partial charge is 0.162 e. The maximum Gasteiger partial charge on any atom is 0.162 e. The van der Waals surface area contributed by atoms with Gasteiger partial charge in [-0.25, -0.2) is 9.97 Å². The van der Waals surface area contributed by atoms with Crippen LogP contribution < -0.4 is 5.32 Å². The summed E-state index contributed by atoms with van der Waals surface area (Å²) in [4.78, 5) is 9.80. The van der Waals surface area contributed by atoms with Gasteiger partial charge in [-0.15, -0.1) is 0 Å². The molecule has 0 amide bonds. The number of hydrogen-bond donors (Lipinski definition) is 1. The van der Waals surface area contributed by atoms with Crippen LogP contribution in [0.2, 0.25) is 0 Å². The molecule has 116 valence electrons. The quantitative estimate of drug-likeness (QED) is 0.864. The predicted molar refractivity (Wildman–Crippen MR) is 84.6 cm³/mol. The third kappa shape index (κ3) is 3.05. The topological polar surface area (TPSA) is 47.0 Å². The van der Waals surface area contributed by atoms with Gasteiger partial charge in [0, 0.05) is 24.4 Å². The number of anilines is 1. The molecule has 2 aliphatic rings. The van der Waals surface area contributed by atoms with Crippen molar-refractivity contribution in [3.63, 3.8) is 0 Å². The van der Waals surface area contributed by atoms with Gasteiger partial charge < -0.3 is 10.1 Å². The second-order valence-electron chi connectivity index (χ2n) is 6.45. The highest BCUT2D eigenvalue weighted by Gasteiger charge is 2.34. The van der Waals surface area contributed by atoms with E-state index in [4.69, 9.17) is 14.7 Å². The summed E-state index contributed by atoms with van der Waals surface area (Å²) in [6, 6.07) is 0. The average molecular weight is 289 g/mol. The maximum absolute atomic E-state index is 6.05. The zero-order chi connectivity index (χ0) is 14.7. The second kappa shape index (κ2) is 6.30. The summed E-state index contributed by atoms with van der Waals surface area (Å²) < 4.78 is 6.05. The Morgan fingerprint density at radius 2 is 1.95 bits per heavy atom. The van der Waals surface area contributed by atoms with Crippen LogP contribution in [-0.4, -0.2) is 23.1 Å². The molecular formula is C17H27N3O. The van der Waals surface area contributed by atoms with Gasteiger partial charge in [-0.2, -0.15) is 0 Å². The van der Waals surface area contributed by atoms with Crippen LogP contribution in [0.5, 0.6) is 0 Å². The van der Waals surface area contributed by atoms with Crippen LogP contribution in [0.25, 0.3) is 0 Å². The Hall–Kier alpha value is -1.16. The minimum absolute atomic E-state index is 0.302. The molecule has 4 nitrogen and oxygen atoms in total. The van der Waals surface area contributed by atoms with Gasteiger partial charge in [-0.05, 0) is 58.8 Å². The summed E-state index contributed by atoms with van der Waals surface area (Å²) in [5.41, 5.74) is 2.30. The van der Waals surface area contributed by atoms with E-state index in [0.717, 1.165) is 50.5 Å². The van der Waals surface area contributed by atoms with Crippen molar-refractivity contribution >= 4 is 5.82 Å². The molecule has 21 heavy (non-hydrogen) atoms. The summed E-state index contributed by atoms with van der Waals surface area (Å²) >= 11 is 0. The molecule has 2 heterocycles. The molecule has 1 fully saturated rings. The van der Waals surface area contributed by atoms with E-state index in [2.05, 4.69) is 19.2 Å². The Bertz CT molecular complexity index is 495. The second-order valence-corrected chi connectivity index (χ2v) is 6.45. The Morgan fingerprint density at radius 1 is 1.10 bits per heavy atom. The van der Waals surface area contributed by atoms with Crippen molar-refractivity contribution in [2.45, 2.75) is 70.8 Å². The van der Waals surface area contributed by atoms with Crippen LogP contribution in [0.15, 0.2) is 0 Å². The lowest BCUT2D eigenvalue weighted by molar-refractivity contribution is -0.0761. The van der Waals surface area contributed by atoms with Gasteiger partial charge in [-0.1, -0.05) is 6.42 Å². The molecule has 1 N–H and O–H groups in total. The van der Waals surface area contributed by atoms with E-state index in [-0.39, 0.29) is 5.60 Å². The number of nitrogens with zero attached hydrogens (tertiary/aromatic N) is 2. The molecule has 1 aliphatic heterocycles. The van der Waals surface area contributed by atoms with Crippen molar-refractivity contribution < 1.29 is 4.74 Å². The number of aromatic nitrogens is 2. The molecule has 1 aromatic rings. The number of fused-ring (bicyclic) bond motifs is 1. The molecule has 0 radical (unpaired) electrons. The molecule has 0 saturated carbocycles. The zero-order valence-corrected chi connectivity index (χ0v) is 13.4. The molecule has 1 aromatic heterocycles. The minimum atomic E-state index is -0.302. The molecule has 1 aliphatic carbocycles. The van der Waals surface area contributed by atoms with Crippen molar-refractivity contribution in [2.24, 2.45) is 0 Å². The van der Waals surface area contributed by atoms with Crippen LogP contribution in [-0.2, 0) is 23.2 Å². The lowest BCUT2D eigenvalue weighted by Crippen LogP contribution is -2.33. The first-order valence-electron chi connectivity index (χ1n) is 8.51. The standard InChI is InChI=1S/C17H27N3O/c1-3-18-15-13-9-5-4-6-10-14(13)19-16(20-15)17(2)11-7-8-12-21-17/h3-12H2,1-2H3,(H,18,19,20). The minimum Gasteiger partial charge on any atom is -0.370 e. The van der Waals surface area contributed by atoms with Crippen molar-refractivity contribution in [2.75, 3.05) is 18.5 Å². The lowest BCUT2D eigenvalue weighted by atomic mass is 9.94. The maximum atomic E-state index is 6.05. The fourth-order valence-corrected chi connectivity index (χ4v) is 3.43. The number of rotatable bonds is 3. The Morgan fingerprint density at radius 3 is 2.71 bits per heavy atom. The number of aryl methyl sites for hydroxylation is 1. The molecule has 0 bridgehead atoms. The van der Waals surface area contributed by atoms with Crippen LogP contribution >= 0.6 is 0 Å². The van der Waals surface area contributed by atoms with Gasteiger partial charge >= 0.3 is 0 Å². The van der Waals surface area contributed by atoms with Gasteiger partial charge in [0.2, 0.25) is 0 Å². The fraction of sp³-hybridized carbons (Fsp3) is 0.765. The van der Waals surface area contributed by atoms with Crippen LogP contribution in [0.4, 0.5) is 5.82 Å². The van der Waals surface area contributed by atoms with Gasteiger partial charge in [0.1, 0.15) is 11.4 Å². The number of nitrogens with one attached hydrogen (secondary N) is 1. The van der Waals surface area contributed by atoms with Crippen LogP contribution in [0, 0.1) is 0 Å². The summed E-state index contributed by atoms with van der Waals surface area (Å²) in [5, 5.41) is 3.45. The van der Waals surface area contributed by atoms with Gasteiger partial charge in [0.15, 0.2) is 5.82 Å². The largest absolute Gasteiger partial charge is 0.370 e. The fourth-order valence-electron chi connectivity index (χ4n) is 3.43. The molecule has 3 rings (SSSR count). The molecule has 1 atom stereocenters. The van der Waals surface area contributed by atoms with E-state index in [1.165, 1.54) is 36.9 Å². The summed E-state index contributed by atoms with van der Waals surface area (Å²) in [6.07, 6.45) is 9.36. The monoisotopic (exact) mass is 289 g/mol. The van der Waals surface area contributed by atoms with Crippen molar-refractivity contribution in [1.29, 1.82) is 0 Å². The number of ether oxygens (including phenoxy) is 1. The van der Waals surface area contributed by atoms with Gasteiger partial charge in [0.25, 0.3) is 0 Å². The highest BCUT2D eigenvalue weighted by molar-refractivity contribution is 5.47. The molecule has 0 spiro atoms. The lowest BCUT2D eigenvalue weighted by Gasteiger charge is -2.33. The first-order valence-corrected chi connectivity index (χ1v) is 8.51. The average Bonchev–Trinajstić information content (AvgIpc) is 2.74. The molecule has 0 aromatic carbocycles. The van der Waals surface area contributed by atoms with E-state index >= 15 is 0 Å². The predicted octanol–water partition coefficient (Wildman–Crippen LogP) is 3.59. The first kappa shape index (κ1) is 14.8. The number of hydrogen-bond acceptors (Lipinski definition) is 4. The highest BCUT2D eigenvalue weighted by Crippen LogP contribution is 2.35. The van der Waals surface area contributed by atoms with Crippen molar-refractivity contribution in [3.8, 4) is 0 Å². The van der Waals surface area contributed by atoms with E-state index in [9.17, 15) is 0 Å². The summed E-state index contributed by atoms with van der Waals surface area (Å²) in [5.74, 6) is 1.94. The van der Waals surface area contributed by atoms with Crippen LogP contribution in [0.1, 0.15) is 69.5 Å². The van der Waals surface area contributed by atoms with Gasteiger partial charge in [0.05, 0.1) is 0 Å². The van der Waals surface area contributed by atoms with E-state index in [1.807, 2.05) is 0 Å². The van der Waals surface area contributed by atoms with Crippen molar-refractivity contribution in [3.05, 3.63) is 17.1 Å². The Labute approximate surface area is 127 Å². The first-order chi connectivity index (χ1) is 10.2. The van der Waals surface area contributed by atoms with Crippen LogP contribution in [0.3, 0.4) is 0 Å². The van der Waals surface area contributed by atoms with Gasteiger partial charge in [-0.3, -0.25) is 0 Å². The molecule has 1 saturated heterocycles. The highest BCUT2D eigenvalue weighted by atomic mass is 16.5. The third-order valence-corrected chi connectivity index (χ3v) is 4.72. The van der Waals surface area contributed by atoms with E-state index in [1.54, 1.807) is 0 Å². The van der Waals surface area contributed by atoms with E-state index < -0.39 is 0 Å². The Balaban J connectivity index is 2.01. The van der Waals surface area contributed by atoms with E-state index in [0.29, 0.717) is 0 Å². The zero-order valence-electron chi connectivity index (χ0n) is 13.4.